The van der Waals surface area contributed by atoms with Gasteiger partial charge in [0.1, 0.15) is 0 Å². The summed E-state index contributed by atoms with van der Waals surface area (Å²) >= 11 is 0. The number of rotatable bonds is 4. The summed E-state index contributed by atoms with van der Waals surface area (Å²) in [6, 6.07) is 6.76. The van der Waals surface area contributed by atoms with E-state index in [1.807, 2.05) is 13.8 Å². The van der Waals surface area contributed by atoms with Crippen LogP contribution in [0.1, 0.15) is 30.5 Å². The average molecular weight is 276 g/mol. The summed E-state index contributed by atoms with van der Waals surface area (Å²) in [5.74, 6) is 0. The standard InChI is InChI=1S/C17H28N2O/c1-14-5-6-16(11-15(14)2)12-18-7-9-19(10-8-18)13-17(3,4)20/h5-6,11,20H,7-10,12-13H2,1-4H3. The largest absolute Gasteiger partial charge is 0.389 e. The van der Waals surface area contributed by atoms with Crippen molar-refractivity contribution in [2.45, 2.75) is 39.8 Å². The Hall–Kier alpha value is -0.900. The average Bonchev–Trinajstić information content (AvgIpc) is 2.35. The number of aliphatic hydroxyl groups is 1. The van der Waals surface area contributed by atoms with Gasteiger partial charge >= 0.3 is 0 Å². The maximum absolute atomic E-state index is 9.87. The molecule has 0 atom stereocenters. The van der Waals surface area contributed by atoms with Crippen LogP contribution in [0.2, 0.25) is 0 Å². The lowest BCUT2D eigenvalue weighted by atomic mass is 10.1. The topological polar surface area (TPSA) is 26.7 Å². The summed E-state index contributed by atoms with van der Waals surface area (Å²) in [5, 5.41) is 9.87. The lowest BCUT2D eigenvalue weighted by Crippen LogP contribution is -2.50. The van der Waals surface area contributed by atoms with Crippen molar-refractivity contribution in [3.05, 3.63) is 34.9 Å². The van der Waals surface area contributed by atoms with Gasteiger partial charge in [-0.25, -0.2) is 0 Å². The second-order valence-corrected chi connectivity index (χ2v) is 6.78. The molecule has 0 spiro atoms. The smallest absolute Gasteiger partial charge is 0.0718 e. The molecular formula is C17H28N2O. The Kier molecular flexibility index (Phi) is 4.84. The number of nitrogens with zero attached hydrogens (tertiary/aromatic N) is 2. The zero-order chi connectivity index (χ0) is 14.8. The predicted molar refractivity (Wildman–Crippen MR) is 83.9 cm³/mol. The molecule has 3 nitrogen and oxygen atoms in total. The van der Waals surface area contributed by atoms with Gasteiger partial charge in [-0.15, -0.1) is 0 Å². The van der Waals surface area contributed by atoms with E-state index in [-0.39, 0.29) is 0 Å². The molecule has 2 rings (SSSR count). The Morgan fingerprint density at radius 2 is 1.60 bits per heavy atom. The molecule has 1 aliphatic heterocycles. The van der Waals surface area contributed by atoms with E-state index in [2.05, 4.69) is 41.8 Å². The van der Waals surface area contributed by atoms with Crippen molar-refractivity contribution < 1.29 is 5.11 Å². The molecule has 1 fully saturated rings. The second kappa shape index (κ2) is 6.25. The van der Waals surface area contributed by atoms with Crippen LogP contribution < -0.4 is 0 Å². The van der Waals surface area contributed by atoms with Crippen LogP contribution in [0.15, 0.2) is 18.2 Å². The highest BCUT2D eigenvalue weighted by Gasteiger charge is 2.22. The molecule has 0 aliphatic carbocycles. The second-order valence-electron chi connectivity index (χ2n) is 6.78. The molecule has 0 unspecified atom stereocenters. The van der Waals surface area contributed by atoms with Crippen molar-refractivity contribution in [2.75, 3.05) is 32.7 Å². The Morgan fingerprint density at radius 3 is 2.15 bits per heavy atom. The van der Waals surface area contributed by atoms with Crippen molar-refractivity contribution in [1.29, 1.82) is 0 Å². The Balaban J connectivity index is 1.83. The number of hydrogen-bond acceptors (Lipinski definition) is 3. The van der Waals surface area contributed by atoms with Crippen LogP contribution in [0.4, 0.5) is 0 Å². The van der Waals surface area contributed by atoms with E-state index in [1.165, 1.54) is 16.7 Å². The van der Waals surface area contributed by atoms with Crippen LogP contribution >= 0.6 is 0 Å². The van der Waals surface area contributed by atoms with Gasteiger partial charge in [0.15, 0.2) is 0 Å². The van der Waals surface area contributed by atoms with Gasteiger partial charge in [0.05, 0.1) is 5.60 Å². The van der Waals surface area contributed by atoms with E-state index in [9.17, 15) is 5.11 Å². The zero-order valence-corrected chi connectivity index (χ0v) is 13.3. The summed E-state index contributed by atoms with van der Waals surface area (Å²) in [7, 11) is 0. The van der Waals surface area contributed by atoms with Crippen molar-refractivity contribution in [1.82, 2.24) is 9.80 Å². The minimum atomic E-state index is -0.587. The first-order valence-electron chi connectivity index (χ1n) is 7.57. The number of hydrogen-bond donors (Lipinski definition) is 1. The molecule has 1 heterocycles. The summed E-state index contributed by atoms with van der Waals surface area (Å²) in [6.45, 7) is 14.2. The molecule has 0 radical (unpaired) electrons. The molecule has 0 saturated carbocycles. The van der Waals surface area contributed by atoms with E-state index in [4.69, 9.17) is 0 Å². The molecule has 0 amide bonds. The minimum absolute atomic E-state index is 0.587. The van der Waals surface area contributed by atoms with Gasteiger partial charge in [0, 0.05) is 39.3 Å². The van der Waals surface area contributed by atoms with Crippen molar-refractivity contribution >= 4 is 0 Å². The fourth-order valence-electron chi connectivity index (χ4n) is 2.81. The van der Waals surface area contributed by atoms with Crippen LogP contribution in [0, 0.1) is 13.8 Å². The molecular weight excluding hydrogens is 248 g/mol. The van der Waals surface area contributed by atoms with Crippen LogP contribution in [0.25, 0.3) is 0 Å². The minimum Gasteiger partial charge on any atom is -0.389 e. The van der Waals surface area contributed by atoms with E-state index in [0.717, 1.165) is 39.3 Å². The fraction of sp³-hybridized carbons (Fsp3) is 0.647. The van der Waals surface area contributed by atoms with Crippen molar-refractivity contribution in [3.63, 3.8) is 0 Å². The highest BCUT2D eigenvalue weighted by molar-refractivity contribution is 5.29. The highest BCUT2D eigenvalue weighted by atomic mass is 16.3. The van der Waals surface area contributed by atoms with Crippen LogP contribution in [0.3, 0.4) is 0 Å². The summed E-state index contributed by atoms with van der Waals surface area (Å²) in [4.78, 5) is 4.86. The number of β-amino-alcohol motifs (C(OH)–C–C–N with tert-alkyl or cyclic N) is 1. The van der Waals surface area contributed by atoms with E-state index < -0.39 is 5.60 Å². The summed E-state index contributed by atoms with van der Waals surface area (Å²) < 4.78 is 0. The number of aryl methyl sites for hydroxylation is 2. The third-order valence-electron chi connectivity index (χ3n) is 4.05. The van der Waals surface area contributed by atoms with Crippen LogP contribution in [-0.4, -0.2) is 53.2 Å². The van der Waals surface area contributed by atoms with E-state index >= 15 is 0 Å². The Bertz CT molecular complexity index is 443. The number of benzene rings is 1. The molecule has 20 heavy (non-hydrogen) atoms. The van der Waals surface area contributed by atoms with Gasteiger partial charge in [-0.2, -0.15) is 0 Å². The van der Waals surface area contributed by atoms with Gasteiger partial charge in [-0.3, -0.25) is 9.80 Å². The van der Waals surface area contributed by atoms with Crippen molar-refractivity contribution in [2.24, 2.45) is 0 Å². The summed E-state index contributed by atoms with van der Waals surface area (Å²) in [5.41, 5.74) is 3.56. The van der Waals surface area contributed by atoms with Gasteiger partial charge < -0.3 is 5.11 Å². The van der Waals surface area contributed by atoms with Crippen molar-refractivity contribution in [3.8, 4) is 0 Å². The molecule has 112 valence electrons. The molecule has 1 aromatic carbocycles. The van der Waals surface area contributed by atoms with Gasteiger partial charge in [-0.05, 0) is 44.4 Å². The third-order valence-corrected chi connectivity index (χ3v) is 4.05. The predicted octanol–water partition coefficient (Wildman–Crippen LogP) is 2.19. The quantitative estimate of drug-likeness (QED) is 0.913. The molecule has 1 aromatic rings. The van der Waals surface area contributed by atoms with Gasteiger partial charge in [0.2, 0.25) is 0 Å². The fourth-order valence-corrected chi connectivity index (χ4v) is 2.81. The maximum atomic E-state index is 9.87. The molecule has 1 N–H and O–H groups in total. The van der Waals surface area contributed by atoms with Crippen LogP contribution in [0.5, 0.6) is 0 Å². The first-order valence-corrected chi connectivity index (χ1v) is 7.57. The van der Waals surface area contributed by atoms with Gasteiger partial charge in [0.25, 0.3) is 0 Å². The molecule has 1 aliphatic rings. The SMILES string of the molecule is Cc1ccc(CN2CCN(CC(C)(C)O)CC2)cc1C. The Morgan fingerprint density at radius 1 is 1.00 bits per heavy atom. The zero-order valence-electron chi connectivity index (χ0n) is 13.3. The lowest BCUT2D eigenvalue weighted by molar-refractivity contribution is 0.0167. The summed E-state index contributed by atoms with van der Waals surface area (Å²) in [6.07, 6.45) is 0. The molecule has 3 heteroatoms. The monoisotopic (exact) mass is 276 g/mol. The first-order chi connectivity index (χ1) is 9.33. The normalized spacial score (nSPS) is 18.4. The molecule has 0 aromatic heterocycles. The first kappa shape index (κ1) is 15.5. The van der Waals surface area contributed by atoms with Crippen LogP contribution in [-0.2, 0) is 6.54 Å². The third kappa shape index (κ3) is 4.58. The molecule has 0 bridgehead atoms. The Labute approximate surface area is 123 Å². The van der Waals surface area contributed by atoms with E-state index in [1.54, 1.807) is 0 Å². The maximum Gasteiger partial charge on any atom is 0.0718 e. The van der Waals surface area contributed by atoms with Gasteiger partial charge in [-0.1, -0.05) is 18.2 Å². The molecule has 1 saturated heterocycles. The van der Waals surface area contributed by atoms with E-state index in [0.29, 0.717) is 0 Å². The number of piperazine rings is 1. The highest BCUT2D eigenvalue weighted by Crippen LogP contribution is 2.14. The lowest BCUT2D eigenvalue weighted by Gasteiger charge is -2.37.